The number of carbonyl (C=O) groups excluding carboxylic acids is 2. The fraction of sp³-hybridized carbons (Fsp3) is 0.870. The molecule has 0 aromatic rings. The van der Waals surface area contributed by atoms with Crippen LogP contribution in [0, 0.1) is 34.5 Å². The van der Waals surface area contributed by atoms with E-state index in [-0.39, 0.29) is 40.3 Å². The van der Waals surface area contributed by atoms with Crippen LogP contribution in [0.4, 0.5) is 0 Å². The van der Waals surface area contributed by atoms with Crippen molar-refractivity contribution in [3.8, 4) is 0 Å². The molecule has 5 nitrogen and oxygen atoms in total. The summed E-state index contributed by atoms with van der Waals surface area (Å²) < 4.78 is 0. The van der Waals surface area contributed by atoms with Gasteiger partial charge in [-0.3, -0.25) is 9.59 Å². The second-order valence-electron chi connectivity index (χ2n) is 10.7. The molecule has 0 spiro atoms. The number of rotatable bonds is 2. The second-order valence-corrected chi connectivity index (χ2v) is 10.7. The standard InChI is InChI=1S/C23H34N2O3/c1-22-8-3-4-16(22)19-17(6-9-22)23(2)10-5-14(12-18(23)20(26)21(19)27)25-28-15-7-11-24-13-15/h15-19,24H,3-13H2,1-2H3/t15-,16+,17-,18?,19+,22+,23-/m1/s1. The van der Waals surface area contributed by atoms with Crippen LogP contribution in [0.1, 0.15) is 71.6 Å². The van der Waals surface area contributed by atoms with Gasteiger partial charge in [0.25, 0.3) is 0 Å². The smallest absolute Gasteiger partial charge is 0.202 e. The Morgan fingerprint density at radius 2 is 1.89 bits per heavy atom. The molecule has 5 heteroatoms. The molecular weight excluding hydrogens is 352 g/mol. The molecule has 1 heterocycles. The van der Waals surface area contributed by atoms with Crippen LogP contribution in [0.15, 0.2) is 5.16 Å². The minimum atomic E-state index is -0.190. The molecule has 0 amide bonds. The number of nitrogens with one attached hydrogen (secondary N) is 1. The van der Waals surface area contributed by atoms with Gasteiger partial charge in [-0.05, 0) is 74.2 Å². The summed E-state index contributed by atoms with van der Waals surface area (Å²) in [6, 6.07) is 0. The molecule has 154 valence electrons. The van der Waals surface area contributed by atoms with Crippen molar-refractivity contribution in [2.45, 2.75) is 77.7 Å². The first-order valence-corrected chi connectivity index (χ1v) is 11.4. The maximum atomic E-state index is 13.3. The van der Waals surface area contributed by atoms with E-state index in [0.717, 1.165) is 50.9 Å². The van der Waals surface area contributed by atoms with Crippen molar-refractivity contribution in [1.82, 2.24) is 5.32 Å². The van der Waals surface area contributed by atoms with Gasteiger partial charge in [-0.15, -0.1) is 0 Å². The third kappa shape index (κ3) is 2.72. The summed E-state index contributed by atoms with van der Waals surface area (Å²) in [7, 11) is 0. The van der Waals surface area contributed by atoms with Crippen LogP contribution in [-0.2, 0) is 14.4 Å². The Morgan fingerprint density at radius 3 is 2.68 bits per heavy atom. The highest BCUT2D eigenvalue weighted by molar-refractivity contribution is 6.40. The molecule has 28 heavy (non-hydrogen) atoms. The van der Waals surface area contributed by atoms with Crippen LogP contribution < -0.4 is 5.32 Å². The monoisotopic (exact) mass is 386 g/mol. The van der Waals surface area contributed by atoms with Crippen molar-refractivity contribution >= 4 is 17.3 Å². The number of hydrogen-bond acceptors (Lipinski definition) is 5. The lowest BCUT2D eigenvalue weighted by Gasteiger charge is -2.58. The third-order valence-corrected chi connectivity index (χ3v) is 9.29. The summed E-state index contributed by atoms with van der Waals surface area (Å²) in [5.74, 6) is 0.440. The molecular formula is C23H34N2O3. The van der Waals surface area contributed by atoms with E-state index < -0.39 is 0 Å². The van der Waals surface area contributed by atoms with Gasteiger partial charge in [0, 0.05) is 24.8 Å². The molecule has 1 aliphatic heterocycles. The van der Waals surface area contributed by atoms with E-state index in [1.165, 1.54) is 19.3 Å². The Hall–Kier alpha value is -1.23. The highest BCUT2D eigenvalue weighted by atomic mass is 16.6. The normalized spacial score (nSPS) is 49.6. The predicted molar refractivity (Wildman–Crippen MR) is 107 cm³/mol. The van der Waals surface area contributed by atoms with E-state index in [2.05, 4.69) is 24.3 Å². The highest BCUT2D eigenvalue weighted by Crippen LogP contribution is 2.64. The largest absolute Gasteiger partial charge is 0.391 e. The van der Waals surface area contributed by atoms with Gasteiger partial charge in [-0.2, -0.15) is 0 Å². The van der Waals surface area contributed by atoms with Crippen molar-refractivity contribution in [3.63, 3.8) is 0 Å². The number of fused-ring (bicyclic) bond motifs is 5. The molecule has 0 bridgehead atoms. The summed E-state index contributed by atoms with van der Waals surface area (Å²) >= 11 is 0. The first kappa shape index (κ1) is 18.8. The van der Waals surface area contributed by atoms with Gasteiger partial charge >= 0.3 is 0 Å². The molecule has 7 atom stereocenters. The number of ketones is 2. The molecule has 4 saturated carbocycles. The Kier molecular flexibility index (Phi) is 4.46. The van der Waals surface area contributed by atoms with Gasteiger partial charge < -0.3 is 10.2 Å². The van der Waals surface area contributed by atoms with Gasteiger partial charge in [0.15, 0.2) is 0 Å². The van der Waals surface area contributed by atoms with Gasteiger partial charge in [-0.1, -0.05) is 25.4 Å². The van der Waals surface area contributed by atoms with E-state index in [9.17, 15) is 9.59 Å². The lowest BCUT2D eigenvalue weighted by Crippen LogP contribution is -2.60. The minimum absolute atomic E-state index is 0.0192. The Morgan fingerprint density at radius 1 is 1.04 bits per heavy atom. The zero-order valence-corrected chi connectivity index (χ0v) is 17.3. The maximum absolute atomic E-state index is 13.3. The molecule has 5 aliphatic rings. The van der Waals surface area contributed by atoms with Crippen LogP contribution in [-0.4, -0.2) is 36.5 Å². The topological polar surface area (TPSA) is 67.8 Å². The van der Waals surface area contributed by atoms with Gasteiger partial charge in [0.05, 0.1) is 5.71 Å². The molecule has 0 aromatic heterocycles. The van der Waals surface area contributed by atoms with E-state index in [4.69, 9.17) is 4.84 Å². The quantitative estimate of drug-likeness (QED) is 0.582. The fourth-order valence-electron chi connectivity index (χ4n) is 7.51. The minimum Gasteiger partial charge on any atom is -0.391 e. The van der Waals surface area contributed by atoms with Crippen molar-refractivity contribution in [2.24, 2.45) is 39.7 Å². The van der Waals surface area contributed by atoms with Crippen LogP contribution in [0.2, 0.25) is 0 Å². The van der Waals surface area contributed by atoms with Crippen LogP contribution >= 0.6 is 0 Å². The number of carbonyl (C=O) groups is 2. The lowest BCUT2D eigenvalue weighted by molar-refractivity contribution is -0.164. The maximum Gasteiger partial charge on any atom is 0.202 e. The molecule has 1 saturated heterocycles. The molecule has 1 N–H and O–H groups in total. The summed E-state index contributed by atoms with van der Waals surface area (Å²) in [5, 5.41) is 7.71. The van der Waals surface area contributed by atoms with Crippen molar-refractivity contribution < 1.29 is 14.4 Å². The van der Waals surface area contributed by atoms with Crippen molar-refractivity contribution in [3.05, 3.63) is 0 Å². The van der Waals surface area contributed by atoms with E-state index in [1.807, 2.05) is 0 Å². The summed E-state index contributed by atoms with van der Waals surface area (Å²) in [5.41, 5.74) is 1.22. The average molecular weight is 387 g/mol. The third-order valence-electron chi connectivity index (χ3n) is 9.29. The van der Waals surface area contributed by atoms with Crippen LogP contribution in [0.3, 0.4) is 0 Å². The Labute approximate surface area is 168 Å². The number of Topliss-reactive ketones (excluding diaryl/α,β-unsaturated/α-hetero) is 2. The van der Waals surface area contributed by atoms with Crippen LogP contribution in [0.25, 0.3) is 0 Å². The molecule has 0 radical (unpaired) electrons. The average Bonchev–Trinajstić information content (AvgIpc) is 3.33. The van der Waals surface area contributed by atoms with Gasteiger partial charge in [0.2, 0.25) is 11.6 Å². The molecule has 5 fully saturated rings. The zero-order valence-electron chi connectivity index (χ0n) is 17.3. The Balaban J connectivity index is 1.39. The fourth-order valence-corrected chi connectivity index (χ4v) is 7.51. The highest BCUT2D eigenvalue weighted by Gasteiger charge is 2.63. The van der Waals surface area contributed by atoms with Gasteiger partial charge in [0.1, 0.15) is 6.10 Å². The predicted octanol–water partition coefficient (Wildman–Crippen LogP) is 3.51. The summed E-state index contributed by atoms with van der Waals surface area (Å²) in [6.07, 6.45) is 9.53. The first-order valence-electron chi connectivity index (χ1n) is 11.4. The molecule has 4 aliphatic carbocycles. The number of nitrogens with zero attached hydrogens (tertiary/aromatic N) is 1. The first-order chi connectivity index (χ1) is 13.4. The number of hydrogen-bond donors (Lipinski definition) is 1. The van der Waals surface area contributed by atoms with Crippen molar-refractivity contribution in [1.29, 1.82) is 0 Å². The summed E-state index contributed by atoms with van der Waals surface area (Å²) in [4.78, 5) is 32.3. The van der Waals surface area contributed by atoms with Gasteiger partial charge in [-0.25, -0.2) is 0 Å². The van der Waals surface area contributed by atoms with Crippen molar-refractivity contribution in [2.75, 3.05) is 13.1 Å². The SMILES string of the molecule is C[C@@]12CCC[C@H]1[C@@H]1C(=O)C(=O)C3CC(=NO[C@@H]4CCNC4)CC[C@]3(C)[C@@H]1CC2. The second kappa shape index (κ2) is 6.65. The van der Waals surface area contributed by atoms with E-state index in [0.29, 0.717) is 18.3 Å². The van der Waals surface area contributed by atoms with E-state index in [1.54, 1.807) is 0 Å². The summed E-state index contributed by atoms with van der Waals surface area (Å²) in [6.45, 7) is 6.50. The van der Waals surface area contributed by atoms with E-state index >= 15 is 0 Å². The molecule has 0 aromatic carbocycles. The zero-order chi connectivity index (χ0) is 19.5. The van der Waals surface area contributed by atoms with Crippen LogP contribution in [0.5, 0.6) is 0 Å². The molecule has 5 rings (SSSR count). The Bertz CT molecular complexity index is 713. The molecule has 1 unspecified atom stereocenters. The number of oxime groups is 1. The lowest BCUT2D eigenvalue weighted by atomic mass is 9.44.